The van der Waals surface area contributed by atoms with Gasteiger partial charge in [0.1, 0.15) is 0 Å². The maximum absolute atomic E-state index is 5.61. The van der Waals surface area contributed by atoms with E-state index in [1.807, 2.05) is 11.6 Å². The van der Waals surface area contributed by atoms with Gasteiger partial charge in [-0.2, -0.15) is 0 Å². The van der Waals surface area contributed by atoms with E-state index in [2.05, 4.69) is 9.88 Å². The van der Waals surface area contributed by atoms with Crippen LogP contribution in [0, 0.1) is 5.92 Å². The number of thiazole rings is 1. The normalized spacial score (nSPS) is 21.6. The van der Waals surface area contributed by atoms with Gasteiger partial charge in [0.25, 0.3) is 0 Å². The molecule has 74 valence electrons. The molecule has 0 saturated carbocycles. The highest BCUT2D eigenvalue weighted by Crippen LogP contribution is 2.24. The van der Waals surface area contributed by atoms with Crippen LogP contribution in [-0.4, -0.2) is 24.6 Å². The largest absolute Gasteiger partial charge is 0.348 e. The lowest BCUT2D eigenvalue weighted by atomic mass is 10.1. The number of hydrogen-bond acceptors (Lipinski definition) is 4. The van der Waals surface area contributed by atoms with E-state index in [0.29, 0.717) is 5.92 Å². The summed E-state index contributed by atoms with van der Waals surface area (Å²) in [5, 5.41) is 3.16. The van der Waals surface area contributed by atoms with E-state index < -0.39 is 0 Å². The van der Waals surface area contributed by atoms with Crippen molar-refractivity contribution in [1.82, 2.24) is 4.98 Å². The fraction of sp³-hybridized carbons (Fsp3) is 0.625. The summed E-state index contributed by atoms with van der Waals surface area (Å²) in [7, 11) is 0. The molecule has 5 heteroatoms. The van der Waals surface area contributed by atoms with E-state index in [1.54, 1.807) is 11.3 Å². The summed E-state index contributed by atoms with van der Waals surface area (Å²) in [5.41, 5.74) is 5.61. The second-order valence-corrected chi connectivity index (χ2v) is 4.02. The zero-order valence-electron chi connectivity index (χ0n) is 7.35. The van der Waals surface area contributed by atoms with Crippen molar-refractivity contribution in [3.8, 4) is 0 Å². The van der Waals surface area contributed by atoms with E-state index >= 15 is 0 Å². The maximum atomic E-state index is 5.61. The van der Waals surface area contributed by atoms with Gasteiger partial charge in [-0.1, -0.05) is 0 Å². The molecule has 0 aliphatic carbocycles. The molecule has 0 bridgehead atoms. The van der Waals surface area contributed by atoms with Crippen molar-refractivity contribution in [3.05, 3.63) is 11.6 Å². The third-order valence-electron chi connectivity index (χ3n) is 2.31. The van der Waals surface area contributed by atoms with Crippen LogP contribution in [0.5, 0.6) is 0 Å². The van der Waals surface area contributed by atoms with E-state index in [4.69, 9.17) is 5.73 Å². The number of nitrogens with two attached hydrogens (primary N) is 1. The van der Waals surface area contributed by atoms with Gasteiger partial charge in [0.2, 0.25) is 0 Å². The molecular weight excluding hydrogens is 206 g/mol. The van der Waals surface area contributed by atoms with E-state index in [9.17, 15) is 0 Å². The maximum Gasteiger partial charge on any atom is 0.185 e. The van der Waals surface area contributed by atoms with Crippen LogP contribution in [0.3, 0.4) is 0 Å². The van der Waals surface area contributed by atoms with Gasteiger partial charge in [-0.15, -0.1) is 23.7 Å². The molecule has 1 unspecified atom stereocenters. The molecule has 0 aromatic carbocycles. The van der Waals surface area contributed by atoms with Gasteiger partial charge in [0.05, 0.1) is 0 Å². The summed E-state index contributed by atoms with van der Waals surface area (Å²) in [6.45, 7) is 3.02. The Balaban J connectivity index is 0.000000845. The van der Waals surface area contributed by atoms with Crippen molar-refractivity contribution in [2.24, 2.45) is 11.7 Å². The molecule has 1 aromatic rings. The Hall–Kier alpha value is -0.320. The average molecular weight is 220 g/mol. The molecule has 0 spiro atoms. The van der Waals surface area contributed by atoms with Gasteiger partial charge < -0.3 is 10.6 Å². The predicted octanol–water partition coefficient (Wildman–Crippen LogP) is 1.35. The van der Waals surface area contributed by atoms with Crippen LogP contribution in [0.15, 0.2) is 11.6 Å². The average Bonchev–Trinajstić information content (AvgIpc) is 2.75. The van der Waals surface area contributed by atoms with Gasteiger partial charge in [0, 0.05) is 24.7 Å². The van der Waals surface area contributed by atoms with Crippen LogP contribution in [0.4, 0.5) is 5.13 Å². The predicted molar refractivity (Wildman–Crippen MR) is 58.7 cm³/mol. The van der Waals surface area contributed by atoms with Crippen molar-refractivity contribution in [3.63, 3.8) is 0 Å². The van der Waals surface area contributed by atoms with Gasteiger partial charge in [0.15, 0.2) is 5.13 Å². The van der Waals surface area contributed by atoms with Crippen LogP contribution >= 0.6 is 23.7 Å². The second-order valence-electron chi connectivity index (χ2n) is 3.15. The summed E-state index contributed by atoms with van der Waals surface area (Å²) in [6.07, 6.45) is 3.08. The molecule has 0 radical (unpaired) electrons. The molecular formula is C8H14ClN3S. The Morgan fingerprint density at radius 1 is 1.69 bits per heavy atom. The summed E-state index contributed by atoms with van der Waals surface area (Å²) in [4.78, 5) is 6.59. The molecule has 1 aromatic heterocycles. The first kappa shape index (κ1) is 10.8. The van der Waals surface area contributed by atoms with Crippen LogP contribution in [0.2, 0.25) is 0 Å². The van der Waals surface area contributed by atoms with Crippen molar-refractivity contribution in [2.75, 3.05) is 24.5 Å². The first-order chi connectivity index (χ1) is 5.90. The monoisotopic (exact) mass is 219 g/mol. The van der Waals surface area contributed by atoms with Crippen LogP contribution in [0.1, 0.15) is 6.42 Å². The number of aromatic nitrogens is 1. The third-order valence-corrected chi connectivity index (χ3v) is 3.14. The lowest BCUT2D eigenvalue weighted by Gasteiger charge is -2.13. The Labute approximate surface area is 88.4 Å². The highest BCUT2D eigenvalue weighted by molar-refractivity contribution is 7.13. The SMILES string of the molecule is Cl.NCC1CCN(c2nccs2)C1. The number of nitrogens with zero attached hydrogens (tertiary/aromatic N) is 2. The fourth-order valence-corrected chi connectivity index (χ4v) is 2.25. The molecule has 2 heterocycles. The molecule has 1 aliphatic heterocycles. The molecule has 0 amide bonds. The van der Waals surface area contributed by atoms with Crippen molar-refractivity contribution < 1.29 is 0 Å². The summed E-state index contributed by atoms with van der Waals surface area (Å²) in [6, 6.07) is 0. The molecule has 2 rings (SSSR count). The Morgan fingerprint density at radius 2 is 2.54 bits per heavy atom. The summed E-state index contributed by atoms with van der Waals surface area (Å²) in [5.74, 6) is 0.675. The van der Waals surface area contributed by atoms with Crippen molar-refractivity contribution in [1.29, 1.82) is 0 Å². The highest BCUT2D eigenvalue weighted by Gasteiger charge is 2.22. The topological polar surface area (TPSA) is 42.1 Å². The van der Waals surface area contributed by atoms with E-state index in [0.717, 1.165) is 24.8 Å². The molecule has 1 fully saturated rings. The summed E-state index contributed by atoms with van der Waals surface area (Å²) >= 11 is 1.71. The third kappa shape index (κ3) is 2.33. The first-order valence-electron chi connectivity index (χ1n) is 4.24. The fourth-order valence-electron chi connectivity index (χ4n) is 1.57. The Bertz CT molecular complexity index is 240. The highest BCUT2D eigenvalue weighted by atomic mass is 35.5. The minimum atomic E-state index is 0. The number of anilines is 1. The van der Waals surface area contributed by atoms with Gasteiger partial charge >= 0.3 is 0 Å². The minimum absolute atomic E-state index is 0. The minimum Gasteiger partial charge on any atom is -0.348 e. The Kier molecular flexibility index (Phi) is 3.96. The smallest absolute Gasteiger partial charge is 0.185 e. The lowest BCUT2D eigenvalue weighted by Crippen LogP contribution is -2.22. The van der Waals surface area contributed by atoms with Gasteiger partial charge in [-0.3, -0.25) is 0 Å². The Morgan fingerprint density at radius 3 is 3.08 bits per heavy atom. The van der Waals surface area contributed by atoms with E-state index in [-0.39, 0.29) is 12.4 Å². The van der Waals surface area contributed by atoms with Gasteiger partial charge in [-0.25, -0.2) is 4.98 Å². The number of rotatable bonds is 2. The zero-order chi connectivity index (χ0) is 8.39. The molecule has 3 nitrogen and oxygen atoms in total. The van der Waals surface area contributed by atoms with Crippen LogP contribution in [0.25, 0.3) is 0 Å². The number of halogens is 1. The quantitative estimate of drug-likeness (QED) is 0.817. The van der Waals surface area contributed by atoms with Crippen molar-refractivity contribution in [2.45, 2.75) is 6.42 Å². The zero-order valence-corrected chi connectivity index (χ0v) is 8.98. The van der Waals surface area contributed by atoms with Crippen LogP contribution in [-0.2, 0) is 0 Å². The first-order valence-corrected chi connectivity index (χ1v) is 5.12. The van der Waals surface area contributed by atoms with E-state index in [1.165, 1.54) is 6.42 Å². The summed E-state index contributed by atoms with van der Waals surface area (Å²) < 4.78 is 0. The molecule has 2 N–H and O–H groups in total. The lowest BCUT2D eigenvalue weighted by molar-refractivity contribution is 0.602. The second kappa shape index (κ2) is 4.79. The van der Waals surface area contributed by atoms with Crippen LogP contribution < -0.4 is 10.6 Å². The molecule has 1 saturated heterocycles. The molecule has 1 aliphatic rings. The van der Waals surface area contributed by atoms with Gasteiger partial charge in [-0.05, 0) is 18.9 Å². The number of hydrogen-bond donors (Lipinski definition) is 1. The van der Waals surface area contributed by atoms with Crippen molar-refractivity contribution >= 4 is 28.9 Å². The molecule has 13 heavy (non-hydrogen) atoms. The molecule has 1 atom stereocenters. The standard InChI is InChI=1S/C8H13N3S.ClH/c9-5-7-1-3-11(6-7)8-10-2-4-12-8;/h2,4,7H,1,3,5-6,9H2;1H.